The van der Waals surface area contributed by atoms with E-state index in [1.807, 2.05) is 27.2 Å². The summed E-state index contributed by atoms with van der Waals surface area (Å²) in [6.45, 7) is 4.60. The van der Waals surface area contributed by atoms with Crippen molar-refractivity contribution in [3.8, 4) is 0 Å². The highest BCUT2D eigenvalue weighted by Crippen LogP contribution is 2.38. The highest BCUT2D eigenvalue weighted by atomic mass is 31.2. The third-order valence-electron chi connectivity index (χ3n) is 10.1. The molecule has 8 nitrogen and oxygen atoms in total. The monoisotopic (exact) mass is 797 g/mol. The number of carbonyl (C=O) groups is 1. The van der Waals surface area contributed by atoms with Crippen LogP contribution in [0.25, 0.3) is 0 Å². The number of nitrogens with one attached hydrogen (secondary N) is 1. The second kappa shape index (κ2) is 38.2. The maximum Gasteiger partial charge on any atom is 0.268 e. The molecule has 0 aliphatic heterocycles. The number of nitrogens with zero attached hydrogens (tertiary/aromatic N) is 1. The summed E-state index contributed by atoms with van der Waals surface area (Å²) in [6, 6.07) is -0.909. The molecular weight excluding hydrogens is 707 g/mol. The minimum Gasteiger partial charge on any atom is -0.756 e. The quantitative estimate of drug-likeness (QED) is 0.0276. The Morgan fingerprint density at radius 3 is 1.47 bits per heavy atom. The Hall–Kier alpha value is -1.28. The fraction of sp³-hybridized carbons (Fsp3) is 0.848. The van der Waals surface area contributed by atoms with E-state index in [1.165, 1.54) is 128 Å². The highest BCUT2D eigenvalue weighted by molar-refractivity contribution is 7.45. The maximum atomic E-state index is 12.8. The molecule has 0 saturated carbocycles. The van der Waals surface area contributed by atoms with Crippen LogP contribution in [-0.2, 0) is 18.4 Å². The molecule has 3 atom stereocenters. The van der Waals surface area contributed by atoms with E-state index in [2.05, 4.69) is 43.5 Å². The molecule has 324 valence electrons. The molecule has 55 heavy (non-hydrogen) atoms. The molecule has 3 unspecified atom stereocenters. The van der Waals surface area contributed by atoms with Crippen LogP contribution in [0.2, 0.25) is 0 Å². The summed E-state index contributed by atoms with van der Waals surface area (Å²) in [5.41, 5.74) is 0. The number of hydrogen-bond acceptors (Lipinski definition) is 6. The zero-order valence-electron chi connectivity index (χ0n) is 36.6. The summed E-state index contributed by atoms with van der Waals surface area (Å²) in [7, 11) is 1.23. The average molecular weight is 797 g/mol. The number of aliphatic hydroxyl groups excluding tert-OH is 1. The normalized spacial score (nSPS) is 14.7. The van der Waals surface area contributed by atoms with E-state index in [0.717, 1.165) is 51.4 Å². The smallest absolute Gasteiger partial charge is 0.268 e. The molecule has 0 rings (SSSR count). The standard InChI is InChI=1S/C46H89N2O6P/c1-6-8-10-12-14-16-18-20-21-22-23-24-25-26-28-29-31-33-35-37-39-45(49)44(43-54-55(51,52)53-42-41-48(3,4)5)47-46(50)40-38-36-34-32-30-27-19-17-15-13-11-9-7-2/h27,29-31,37,39,44-45,49H,6-26,28,32-36,38,40-43H2,1-5H3,(H-,47,50,51,52)/b30-27-,31-29+,39-37+. The number of carbonyl (C=O) groups excluding carboxylic acids is 1. The van der Waals surface area contributed by atoms with E-state index in [0.29, 0.717) is 17.4 Å². The van der Waals surface area contributed by atoms with Gasteiger partial charge in [0.15, 0.2) is 0 Å². The predicted molar refractivity (Wildman–Crippen MR) is 233 cm³/mol. The number of quaternary nitrogens is 1. The van der Waals surface area contributed by atoms with Crippen LogP contribution in [0.5, 0.6) is 0 Å². The minimum atomic E-state index is -4.60. The molecule has 0 aromatic carbocycles. The maximum absolute atomic E-state index is 12.8. The van der Waals surface area contributed by atoms with E-state index in [4.69, 9.17) is 9.05 Å². The lowest BCUT2D eigenvalue weighted by Crippen LogP contribution is -2.45. The summed E-state index contributed by atoms with van der Waals surface area (Å²) in [5.74, 6) is -0.224. The second-order valence-corrected chi connectivity index (χ2v) is 18.2. The first-order valence-electron chi connectivity index (χ1n) is 22.9. The molecule has 0 aromatic heterocycles. The van der Waals surface area contributed by atoms with Crippen molar-refractivity contribution in [2.24, 2.45) is 0 Å². The fourth-order valence-electron chi connectivity index (χ4n) is 6.40. The number of aliphatic hydroxyl groups is 1. The zero-order valence-corrected chi connectivity index (χ0v) is 37.5. The highest BCUT2D eigenvalue weighted by Gasteiger charge is 2.23. The minimum absolute atomic E-state index is 0.00901. The molecule has 0 fully saturated rings. The van der Waals surface area contributed by atoms with Crippen LogP contribution in [0.1, 0.15) is 200 Å². The molecule has 0 heterocycles. The first-order chi connectivity index (χ1) is 26.5. The lowest BCUT2D eigenvalue weighted by molar-refractivity contribution is -0.870. The number of unbranched alkanes of at least 4 members (excludes halogenated alkanes) is 24. The molecule has 0 aromatic rings. The van der Waals surface area contributed by atoms with Gasteiger partial charge in [-0.25, -0.2) is 0 Å². The molecule has 9 heteroatoms. The topological polar surface area (TPSA) is 108 Å². The van der Waals surface area contributed by atoms with Crippen LogP contribution in [0.4, 0.5) is 0 Å². The molecule has 2 N–H and O–H groups in total. The summed E-state index contributed by atoms with van der Waals surface area (Å²) < 4.78 is 23.2. The fourth-order valence-corrected chi connectivity index (χ4v) is 7.12. The molecule has 0 aliphatic rings. The van der Waals surface area contributed by atoms with Gasteiger partial charge in [0, 0.05) is 6.42 Å². The Kier molecular flexibility index (Phi) is 37.4. The van der Waals surface area contributed by atoms with Gasteiger partial charge in [-0.15, -0.1) is 0 Å². The summed E-state index contributed by atoms with van der Waals surface area (Å²) >= 11 is 0. The van der Waals surface area contributed by atoms with Gasteiger partial charge < -0.3 is 28.8 Å². The zero-order chi connectivity index (χ0) is 40.7. The third-order valence-corrected chi connectivity index (χ3v) is 11.0. The Bertz CT molecular complexity index is 995. The summed E-state index contributed by atoms with van der Waals surface area (Å²) in [5, 5.41) is 13.7. The van der Waals surface area contributed by atoms with Crippen LogP contribution < -0.4 is 10.2 Å². The summed E-state index contributed by atoms with van der Waals surface area (Å²) in [4.78, 5) is 25.3. The van der Waals surface area contributed by atoms with Crippen LogP contribution in [0, 0.1) is 0 Å². The van der Waals surface area contributed by atoms with Crippen molar-refractivity contribution in [3.05, 3.63) is 36.5 Å². The van der Waals surface area contributed by atoms with Crippen LogP contribution in [0.3, 0.4) is 0 Å². The largest absolute Gasteiger partial charge is 0.756 e. The number of rotatable bonds is 41. The molecule has 0 aliphatic carbocycles. The van der Waals surface area contributed by atoms with E-state index in [9.17, 15) is 19.4 Å². The molecule has 0 radical (unpaired) electrons. The lowest BCUT2D eigenvalue weighted by Gasteiger charge is -2.29. The number of allylic oxidation sites excluding steroid dienone is 5. The van der Waals surface area contributed by atoms with Gasteiger partial charge in [-0.3, -0.25) is 9.36 Å². The van der Waals surface area contributed by atoms with E-state index >= 15 is 0 Å². The first kappa shape index (κ1) is 53.7. The molecule has 0 spiro atoms. The van der Waals surface area contributed by atoms with Gasteiger partial charge in [0.2, 0.25) is 5.91 Å². The van der Waals surface area contributed by atoms with Gasteiger partial charge in [0.05, 0.1) is 39.9 Å². The van der Waals surface area contributed by atoms with Crippen molar-refractivity contribution in [1.82, 2.24) is 5.32 Å². The van der Waals surface area contributed by atoms with Crippen molar-refractivity contribution < 1.29 is 32.9 Å². The Morgan fingerprint density at radius 2 is 1.02 bits per heavy atom. The Balaban J connectivity index is 4.45. The van der Waals surface area contributed by atoms with Gasteiger partial charge in [-0.2, -0.15) is 0 Å². The van der Waals surface area contributed by atoms with Gasteiger partial charge in [-0.1, -0.05) is 172 Å². The Morgan fingerprint density at radius 1 is 0.618 bits per heavy atom. The van der Waals surface area contributed by atoms with Gasteiger partial charge in [0.25, 0.3) is 7.82 Å². The second-order valence-electron chi connectivity index (χ2n) is 16.7. The van der Waals surface area contributed by atoms with Crippen molar-refractivity contribution >= 4 is 13.7 Å². The number of phosphoric acid groups is 1. The first-order valence-corrected chi connectivity index (χ1v) is 24.3. The van der Waals surface area contributed by atoms with Gasteiger partial charge in [-0.05, 0) is 57.8 Å². The summed E-state index contributed by atoms with van der Waals surface area (Å²) in [6.07, 6.45) is 46.3. The predicted octanol–water partition coefficient (Wildman–Crippen LogP) is 12.1. The molecule has 0 saturated heterocycles. The van der Waals surface area contributed by atoms with E-state index in [-0.39, 0.29) is 12.5 Å². The molecule has 0 bridgehead atoms. The van der Waals surface area contributed by atoms with Crippen LogP contribution in [0.15, 0.2) is 36.5 Å². The number of likely N-dealkylation sites (N-methyl/N-ethyl adjacent to an activating group) is 1. The molecular formula is C46H89N2O6P. The van der Waals surface area contributed by atoms with Crippen molar-refractivity contribution in [2.45, 2.75) is 212 Å². The van der Waals surface area contributed by atoms with Gasteiger partial charge >= 0.3 is 0 Å². The van der Waals surface area contributed by atoms with Crippen LogP contribution in [-0.4, -0.2) is 68.5 Å². The lowest BCUT2D eigenvalue weighted by atomic mass is 10.0. The number of phosphoric ester groups is 1. The van der Waals surface area contributed by atoms with E-state index < -0.39 is 26.6 Å². The SMILES string of the molecule is CCCCCCCC/C=C\CCCCCC(=O)NC(COP(=O)([O-])OCC[N+](C)(C)C)C(O)/C=C/CC/C=C/CCCCCCCCCCCCCCCC. The molecule has 1 amide bonds. The van der Waals surface area contributed by atoms with E-state index in [1.54, 1.807) is 6.08 Å². The Labute approximate surface area is 340 Å². The van der Waals surface area contributed by atoms with Crippen LogP contribution >= 0.6 is 7.82 Å². The van der Waals surface area contributed by atoms with Gasteiger partial charge in [0.1, 0.15) is 13.2 Å². The number of hydrogen-bond donors (Lipinski definition) is 2. The van der Waals surface area contributed by atoms with Crippen molar-refractivity contribution in [3.63, 3.8) is 0 Å². The average Bonchev–Trinajstić information content (AvgIpc) is 3.13. The van der Waals surface area contributed by atoms with Crippen molar-refractivity contribution in [1.29, 1.82) is 0 Å². The third kappa shape index (κ3) is 40.7. The number of amides is 1. The van der Waals surface area contributed by atoms with Crippen molar-refractivity contribution in [2.75, 3.05) is 40.9 Å².